The predicted molar refractivity (Wildman–Crippen MR) is 153 cm³/mol. The molecule has 0 aliphatic carbocycles. The summed E-state index contributed by atoms with van der Waals surface area (Å²) in [5, 5.41) is 2.80. The van der Waals surface area contributed by atoms with Gasteiger partial charge in [0.2, 0.25) is 5.91 Å². The number of nitrogens with zero attached hydrogens (tertiary/aromatic N) is 3. The van der Waals surface area contributed by atoms with Crippen LogP contribution in [0.4, 0.5) is 5.69 Å². The fourth-order valence-electron chi connectivity index (χ4n) is 5.49. The van der Waals surface area contributed by atoms with Gasteiger partial charge in [-0.2, -0.15) is 0 Å². The number of hydrogen-bond acceptors (Lipinski definition) is 6. The van der Waals surface area contributed by atoms with E-state index in [1.807, 2.05) is 59.5 Å². The van der Waals surface area contributed by atoms with Crippen LogP contribution in [0.2, 0.25) is 0 Å². The number of methoxy groups -OCH3 is 1. The molecule has 2 fully saturated rings. The minimum Gasteiger partial charge on any atom is -0.469 e. The molecule has 0 atom stereocenters. The lowest BCUT2D eigenvalue weighted by atomic mass is 9.84. The molecular weight excluding hydrogens is 508 g/mol. The number of nitrogens with one attached hydrogen (secondary N) is 1. The Morgan fingerprint density at radius 1 is 0.975 bits per heavy atom. The third-order valence-corrected chi connectivity index (χ3v) is 7.90. The number of rotatable bonds is 8. The zero-order chi connectivity index (χ0) is 28.9. The Morgan fingerprint density at radius 3 is 2.23 bits per heavy atom. The van der Waals surface area contributed by atoms with Gasteiger partial charge in [-0.15, -0.1) is 0 Å². The quantitative estimate of drug-likeness (QED) is 0.401. The molecule has 1 N–H and O–H groups in total. The number of ether oxygens (including phenoxy) is 1. The molecule has 9 nitrogen and oxygen atoms in total. The van der Waals surface area contributed by atoms with Crippen molar-refractivity contribution >= 4 is 29.4 Å². The van der Waals surface area contributed by atoms with Gasteiger partial charge in [0.25, 0.3) is 11.8 Å². The van der Waals surface area contributed by atoms with Crippen LogP contribution in [-0.2, 0) is 24.5 Å². The van der Waals surface area contributed by atoms with Crippen LogP contribution in [0.1, 0.15) is 62.4 Å². The summed E-state index contributed by atoms with van der Waals surface area (Å²) in [7, 11) is 1.33. The maximum atomic E-state index is 13.9. The minimum atomic E-state index is -0.820. The van der Waals surface area contributed by atoms with Gasteiger partial charge < -0.3 is 24.8 Å². The van der Waals surface area contributed by atoms with Gasteiger partial charge in [-0.05, 0) is 54.5 Å². The standard InChI is InChI=1S/C31H40N4O5/c1-30(2,3)24-14-12-23(13-15-24)28(38)33-19-16-31(17-20-33)29(39)34(22-35(31)25-9-6-5-7-10-25)21-26(36)32-18-8-11-27(37)40-4/h5-7,9-10,12-15H,8,11,16-22H2,1-4H3,(H,32,36). The summed E-state index contributed by atoms with van der Waals surface area (Å²) in [6, 6.07) is 17.5. The van der Waals surface area contributed by atoms with Crippen LogP contribution in [0, 0.1) is 0 Å². The predicted octanol–water partition coefficient (Wildman–Crippen LogP) is 3.33. The Kier molecular flexibility index (Phi) is 8.81. The van der Waals surface area contributed by atoms with E-state index in [9.17, 15) is 19.2 Å². The molecule has 40 heavy (non-hydrogen) atoms. The van der Waals surface area contributed by atoms with E-state index in [-0.39, 0.29) is 42.1 Å². The molecule has 0 saturated carbocycles. The Balaban J connectivity index is 1.44. The summed E-state index contributed by atoms with van der Waals surface area (Å²) in [5.41, 5.74) is 1.92. The lowest BCUT2D eigenvalue weighted by Crippen LogP contribution is -2.57. The monoisotopic (exact) mass is 548 g/mol. The van der Waals surface area contributed by atoms with Crippen molar-refractivity contribution < 1.29 is 23.9 Å². The third-order valence-electron chi connectivity index (χ3n) is 7.90. The number of piperidine rings is 1. The lowest BCUT2D eigenvalue weighted by Gasteiger charge is -2.43. The van der Waals surface area contributed by atoms with Gasteiger partial charge in [-0.1, -0.05) is 51.1 Å². The van der Waals surface area contributed by atoms with Crippen LogP contribution in [0.25, 0.3) is 0 Å². The van der Waals surface area contributed by atoms with Crippen LogP contribution in [0.5, 0.6) is 0 Å². The Hall–Kier alpha value is -3.88. The number of benzene rings is 2. The van der Waals surface area contributed by atoms with Crippen molar-refractivity contribution in [1.82, 2.24) is 15.1 Å². The molecule has 2 saturated heterocycles. The molecule has 2 heterocycles. The average Bonchev–Trinajstić information content (AvgIpc) is 3.21. The van der Waals surface area contributed by atoms with Gasteiger partial charge in [0.15, 0.2) is 0 Å². The highest BCUT2D eigenvalue weighted by Gasteiger charge is 2.54. The van der Waals surface area contributed by atoms with Crippen LogP contribution >= 0.6 is 0 Å². The number of para-hydroxylation sites is 1. The zero-order valence-corrected chi connectivity index (χ0v) is 23.9. The molecule has 1 spiro atoms. The number of hydrogen-bond donors (Lipinski definition) is 1. The first-order valence-corrected chi connectivity index (χ1v) is 13.9. The third kappa shape index (κ3) is 6.29. The fraction of sp³-hybridized carbons (Fsp3) is 0.484. The van der Waals surface area contributed by atoms with E-state index in [0.29, 0.717) is 51.1 Å². The van der Waals surface area contributed by atoms with Gasteiger partial charge in [-0.25, -0.2) is 0 Å². The molecule has 4 rings (SSSR count). The summed E-state index contributed by atoms with van der Waals surface area (Å²) < 4.78 is 4.63. The van der Waals surface area contributed by atoms with E-state index in [4.69, 9.17) is 0 Å². The maximum absolute atomic E-state index is 13.9. The molecule has 214 valence electrons. The van der Waals surface area contributed by atoms with E-state index in [2.05, 4.69) is 35.7 Å². The normalized spacial score (nSPS) is 16.8. The molecule has 9 heteroatoms. The van der Waals surface area contributed by atoms with Crippen molar-refractivity contribution in [1.29, 1.82) is 0 Å². The van der Waals surface area contributed by atoms with Gasteiger partial charge in [0.1, 0.15) is 12.1 Å². The fourth-order valence-corrected chi connectivity index (χ4v) is 5.49. The highest BCUT2D eigenvalue weighted by molar-refractivity contribution is 5.97. The molecule has 3 amide bonds. The molecule has 0 bridgehead atoms. The first kappa shape index (κ1) is 29.1. The van der Waals surface area contributed by atoms with Crippen molar-refractivity contribution in [3.63, 3.8) is 0 Å². The van der Waals surface area contributed by atoms with Gasteiger partial charge in [-0.3, -0.25) is 19.2 Å². The van der Waals surface area contributed by atoms with E-state index in [1.165, 1.54) is 12.7 Å². The van der Waals surface area contributed by atoms with E-state index >= 15 is 0 Å². The van der Waals surface area contributed by atoms with Crippen molar-refractivity contribution in [3.05, 3.63) is 65.7 Å². The van der Waals surface area contributed by atoms with Gasteiger partial charge in [0.05, 0.1) is 13.8 Å². The van der Waals surface area contributed by atoms with Crippen LogP contribution in [0.3, 0.4) is 0 Å². The average molecular weight is 549 g/mol. The Labute approximate surface area is 236 Å². The van der Waals surface area contributed by atoms with E-state index < -0.39 is 5.54 Å². The van der Waals surface area contributed by atoms with Gasteiger partial charge in [0, 0.05) is 37.3 Å². The second-order valence-electron chi connectivity index (χ2n) is 11.6. The number of anilines is 1. The largest absolute Gasteiger partial charge is 0.469 e. The smallest absolute Gasteiger partial charge is 0.305 e. The Morgan fingerprint density at radius 2 is 1.62 bits per heavy atom. The molecule has 2 aromatic carbocycles. The lowest BCUT2D eigenvalue weighted by molar-refractivity contribution is -0.140. The first-order chi connectivity index (χ1) is 19.0. The number of carbonyl (C=O) groups excluding carboxylic acids is 4. The molecule has 2 aromatic rings. The van der Waals surface area contributed by atoms with Crippen LogP contribution < -0.4 is 10.2 Å². The molecule has 2 aliphatic heterocycles. The number of amides is 3. The number of likely N-dealkylation sites (tertiary alicyclic amines) is 1. The second kappa shape index (κ2) is 12.1. The summed E-state index contributed by atoms with van der Waals surface area (Å²) in [6.07, 6.45) is 1.64. The summed E-state index contributed by atoms with van der Waals surface area (Å²) >= 11 is 0. The van der Waals surface area contributed by atoms with E-state index in [1.54, 1.807) is 4.90 Å². The molecular formula is C31H40N4O5. The maximum Gasteiger partial charge on any atom is 0.305 e. The zero-order valence-electron chi connectivity index (χ0n) is 23.9. The topological polar surface area (TPSA) is 99.3 Å². The van der Waals surface area contributed by atoms with Gasteiger partial charge >= 0.3 is 5.97 Å². The highest BCUT2D eigenvalue weighted by atomic mass is 16.5. The summed E-state index contributed by atoms with van der Waals surface area (Å²) in [4.78, 5) is 56.7. The molecule has 0 radical (unpaired) electrons. The highest BCUT2D eigenvalue weighted by Crippen LogP contribution is 2.39. The van der Waals surface area contributed by atoms with Crippen LogP contribution in [0.15, 0.2) is 54.6 Å². The SMILES string of the molecule is COC(=O)CCCNC(=O)CN1CN(c2ccccc2)C2(CCN(C(=O)c3ccc(C(C)(C)C)cc3)CC2)C1=O. The van der Waals surface area contributed by atoms with Crippen molar-refractivity contribution in [2.75, 3.05) is 44.9 Å². The number of carbonyl (C=O) groups is 4. The first-order valence-electron chi connectivity index (χ1n) is 13.9. The summed E-state index contributed by atoms with van der Waals surface area (Å²) in [6.45, 7) is 7.88. The summed E-state index contributed by atoms with van der Waals surface area (Å²) in [5.74, 6) is -0.719. The Bertz CT molecular complexity index is 1210. The van der Waals surface area contributed by atoms with Crippen LogP contribution in [-0.4, -0.2) is 79.0 Å². The van der Waals surface area contributed by atoms with E-state index in [0.717, 1.165) is 5.69 Å². The molecule has 2 aliphatic rings. The molecule has 0 aromatic heterocycles. The van der Waals surface area contributed by atoms with Crippen molar-refractivity contribution in [2.45, 2.75) is 57.4 Å². The number of esters is 1. The minimum absolute atomic E-state index is 0.00858. The van der Waals surface area contributed by atoms with Crippen molar-refractivity contribution in [2.24, 2.45) is 0 Å². The van der Waals surface area contributed by atoms with Crippen molar-refractivity contribution in [3.8, 4) is 0 Å². The second-order valence-corrected chi connectivity index (χ2v) is 11.6. The molecule has 0 unspecified atom stereocenters.